The second-order valence-corrected chi connectivity index (χ2v) is 7.73. The van der Waals surface area contributed by atoms with Crippen LogP contribution in [0.15, 0.2) is 96.6 Å². The van der Waals surface area contributed by atoms with Crippen molar-refractivity contribution < 1.29 is 4.79 Å². The summed E-state index contributed by atoms with van der Waals surface area (Å²) in [6, 6.07) is 25.4. The summed E-state index contributed by atoms with van der Waals surface area (Å²) in [7, 11) is 0. The molecule has 1 amide bonds. The van der Waals surface area contributed by atoms with Crippen molar-refractivity contribution in [1.82, 2.24) is 9.97 Å². The van der Waals surface area contributed by atoms with Gasteiger partial charge >= 0.3 is 0 Å². The molecule has 0 unspecified atom stereocenters. The average molecular weight is 407 g/mol. The predicted molar refractivity (Wildman–Crippen MR) is 123 cm³/mol. The van der Waals surface area contributed by atoms with E-state index in [0.717, 1.165) is 38.3 Å². The molecule has 4 nitrogen and oxygen atoms in total. The number of hydrogen-bond acceptors (Lipinski definition) is 4. The monoisotopic (exact) mass is 407 g/mol. The maximum absolute atomic E-state index is 12.8. The molecule has 30 heavy (non-hydrogen) atoms. The zero-order valence-electron chi connectivity index (χ0n) is 15.9. The van der Waals surface area contributed by atoms with Crippen LogP contribution in [-0.4, -0.2) is 15.9 Å². The highest BCUT2D eigenvalue weighted by Gasteiger charge is 2.10. The topological polar surface area (TPSA) is 54.9 Å². The highest BCUT2D eigenvalue weighted by atomic mass is 32.1. The fraction of sp³-hybridized carbons (Fsp3) is 0. The Balaban J connectivity index is 1.38. The Kier molecular flexibility index (Phi) is 4.79. The molecular formula is C25H17N3OS. The summed E-state index contributed by atoms with van der Waals surface area (Å²) < 4.78 is 0. The first-order valence-electron chi connectivity index (χ1n) is 9.53. The van der Waals surface area contributed by atoms with Crippen molar-refractivity contribution in [1.29, 1.82) is 0 Å². The summed E-state index contributed by atoms with van der Waals surface area (Å²) in [6.07, 6.45) is 3.56. The van der Waals surface area contributed by atoms with E-state index in [-0.39, 0.29) is 5.91 Å². The van der Waals surface area contributed by atoms with E-state index < -0.39 is 0 Å². The van der Waals surface area contributed by atoms with Gasteiger partial charge in [0, 0.05) is 40.2 Å². The molecular weight excluding hydrogens is 390 g/mol. The zero-order valence-corrected chi connectivity index (χ0v) is 16.8. The van der Waals surface area contributed by atoms with Crippen LogP contribution < -0.4 is 5.32 Å². The van der Waals surface area contributed by atoms with E-state index in [1.165, 1.54) is 0 Å². The van der Waals surface area contributed by atoms with Gasteiger partial charge in [0.2, 0.25) is 0 Å². The number of anilines is 1. The van der Waals surface area contributed by atoms with Crippen molar-refractivity contribution in [2.45, 2.75) is 0 Å². The maximum Gasteiger partial charge on any atom is 0.255 e. The Hall–Kier alpha value is -3.83. The van der Waals surface area contributed by atoms with Crippen molar-refractivity contribution in [3.63, 3.8) is 0 Å². The number of fused-ring (bicyclic) bond motifs is 1. The SMILES string of the molecule is O=C(Nc1cccc(-c2csc(-c3cccnc3)n2)c1)c1ccc2ccccc2c1. The summed E-state index contributed by atoms with van der Waals surface area (Å²) in [5, 5.41) is 8.10. The van der Waals surface area contributed by atoms with Crippen LogP contribution in [0, 0.1) is 0 Å². The van der Waals surface area contributed by atoms with Gasteiger partial charge in [-0.05, 0) is 47.2 Å². The van der Waals surface area contributed by atoms with Crippen molar-refractivity contribution in [3.8, 4) is 21.8 Å². The summed E-state index contributed by atoms with van der Waals surface area (Å²) in [5.41, 5.74) is 4.20. The number of carbonyl (C=O) groups excluding carboxylic acids is 1. The first kappa shape index (κ1) is 18.2. The number of thiazole rings is 1. The molecule has 0 aliphatic heterocycles. The van der Waals surface area contributed by atoms with Crippen LogP contribution >= 0.6 is 11.3 Å². The van der Waals surface area contributed by atoms with E-state index in [1.54, 1.807) is 17.5 Å². The van der Waals surface area contributed by atoms with Gasteiger partial charge < -0.3 is 5.32 Å². The van der Waals surface area contributed by atoms with Gasteiger partial charge in [-0.1, -0.05) is 42.5 Å². The van der Waals surface area contributed by atoms with Crippen LogP contribution in [-0.2, 0) is 0 Å². The van der Waals surface area contributed by atoms with Crippen LogP contribution in [0.2, 0.25) is 0 Å². The van der Waals surface area contributed by atoms with E-state index in [2.05, 4.69) is 10.3 Å². The van der Waals surface area contributed by atoms with Crippen molar-refractivity contribution in [3.05, 3.63) is 102 Å². The molecule has 0 aliphatic carbocycles. The van der Waals surface area contributed by atoms with Gasteiger partial charge in [-0.25, -0.2) is 4.98 Å². The molecule has 5 aromatic rings. The number of pyridine rings is 1. The minimum absolute atomic E-state index is 0.132. The van der Waals surface area contributed by atoms with Crippen LogP contribution in [0.25, 0.3) is 32.6 Å². The first-order valence-corrected chi connectivity index (χ1v) is 10.4. The Morgan fingerprint density at radius 2 is 1.70 bits per heavy atom. The number of nitrogens with one attached hydrogen (secondary N) is 1. The molecule has 5 rings (SSSR count). The van der Waals surface area contributed by atoms with Crippen molar-refractivity contribution >= 4 is 33.7 Å². The molecule has 0 atom stereocenters. The third-order valence-electron chi connectivity index (χ3n) is 4.84. The quantitative estimate of drug-likeness (QED) is 0.382. The summed E-state index contributed by atoms with van der Waals surface area (Å²) in [6.45, 7) is 0. The number of amides is 1. The molecule has 0 saturated carbocycles. The molecule has 0 radical (unpaired) electrons. The molecule has 0 fully saturated rings. The standard InChI is InChI=1S/C25H17N3OS/c29-24(20-11-10-17-5-1-2-6-18(17)13-20)27-22-9-3-7-19(14-22)23-16-30-25(28-23)21-8-4-12-26-15-21/h1-16H,(H,27,29). The number of benzene rings is 3. The Bertz CT molecular complexity index is 1340. The Morgan fingerprint density at radius 3 is 2.57 bits per heavy atom. The van der Waals surface area contributed by atoms with Crippen LogP contribution in [0.3, 0.4) is 0 Å². The van der Waals surface area contributed by atoms with E-state index in [9.17, 15) is 4.79 Å². The zero-order chi connectivity index (χ0) is 20.3. The lowest BCUT2D eigenvalue weighted by molar-refractivity contribution is 0.102. The van der Waals surface area contributed by atoms with Gasteiger partial charge in [0.15, 0.2) is 0 Å². The molecule has 5 heteroatoms. The molecule has 3 aromatic carbocycles. The fourth-order valence-electron chi connectivity index (χ4n) is 3.32. The van der Waals surface area contributed by atoms with Gasteiger partial charge in [-0.3, -0.25) is 9.78 Å². The van der Waals surface area contributed by atoms with Crippen LogP contribution in [0.5, 0.6) is 0 Å². The third-order valence-corrected chi connectivity index (χ3v) is 5.73. The highest BCUT2D eigenvalue weighted by molar-refractivity contribution is 7.13. The van der Waals surface area contributed by atoms with Gasteiger partial charge in [0.1, 0.15) is 5.01 Å². The van der Waals surface area contributed by atoms with Crippen LogP contribution in [0.1, 0.15) is 10.4 Å². The second kappa shape index (κ2) is 7.89. The van der Waals surface area contributed by atoms with Gasteiger partial charge in [0.25, 0.3) is 5.91 Å². The fourth-order valence-corrected chi connectivity index (χ4v) is 4.14. The van der Waals surface area contributed by atoms with E-state index in [1.807, 2.05) is 90.4 Å². The lowest BCUT2D eigenvalue weighted by atomic mass is 10.1. The second-order valence-electron chi connectivity index (χ2n) is 6.88. The lowest BCUT2D eigenvalue weighted by Gasteiger charge is -2.08. The Labute approximate surface area is 177 Å². The Morgan fingerprint density at radius 1 is 0.833 bits per heavy atom. The number of carbonyl (C=O) groups is 1. The molecule has 0 saturated heterocycles. The summed E-state index contributed by atoms with van der Waals surface area (Å²) >= 11 is 1.58. The number of aromatic nitrogens is 2. The molecule has 2 aromatic heterocycles. The largest absolute Gasteiger partial charge is 0.322 e. The lowest BCUT2D eigenvalue weighted by Crippen LogP contribution is -2.11. The number of rotatable bonds is 4. The molecule has 2 heterocycles. The van der Waals surface area contributed by atoms with E-state index >= 15 is 0 Å². The predicted octanol–water partition coefficient (Wildman–Crippen LogP) is 6.28. The highest BCUT2D eigenvalue weighted by Crippen LogP contribution is 2.29. The summed E-state index contributed by atoms with van der Waals surface area (Å²) in [5.74, 6) is -0.132. The smallest absolute Gasteiger partial charge is 0.255 e. The maximum atomic E-state index is 12.8. The van der Waals surface area contributed by atoms with E-state index in [4.69, 9.17) is 4.98 Å². The van der Waals surface area contributed by atoms with Crippen molar-refractivity contribution in [2.75, 3.05) is 5.32 Å². The van der Waals surface area contributed by atoms with Crippen LogP contribution in [0.4, 0.5) is 5.69 Å². The normalized spacial score (nSPS) is 10.8. The number of hydrogen-bond donors (Lipinski definition) is 1. The minimum atomic E-state index is -0.132. The summed E-state index contributed by atoms with van der Waals surface area (Å²) in [4.78, 5) is 21.6. The molecule has 1 N–H and O–H groups in total. The molecule has 0 bridgehead atoms. The van der Waals surface area contributed by atoms with Gasteiger partial charge in [-0.15, -0.1) is 11.3 Å². The molecule has 0 aliphatic rings. The third kappa shape index (κ3) is 3.71. The molecule has 0 spiro atoms. The van der Waals surface area contributed by atoms with Gasteiger partial charge in [0.05, 0.1) is 5.69 Å². The number of nitrogens with zero attached hydrogens (tertiary/aromatic N) is 2. The average Bonchev–Trinajstić information content (AvgIpc) is 3.30. The van der Waals surface area contributed by atoms with E-state index in [0.29, 0.717) is 5.56 Å². The molecule has 144 valence electrons. The first-order chi connectivity index (χ1) is 14.8. The van der Waals surface area contributed by atoms with Crippen molar-refractivity contribution in [2.24, 2.45) is 0 Å². The minimum Gasteiger partial charge on any atom is -0.322 e. The van der Waals surface area contributed by atoms with Gasteiger partial charge in [-0.2, -0.15) is 0 Å².